The number of β-amino-alcohol motifs (C(OH)–C–C–N with tert-alkyl or cyclic N) is 1. The van der Waals surface area contributed by atoms with Gasteiger partial charge >= 0.3 is 0 Å². The maximum Gasteiger partial charge on any atom is 0.0922 e. The summed E-state index contributed by atoms with van der Waals surface area (Å²) in [6.45, 7) is 8.10. The highest BCUT2D eigenvalue weighted by Crippen LogP contribution is 2.20. The fourth-order valence-electron chi connectivity index (χ4n) is 4.42. The first-order chi connectivity index (χ1) is 13.3. The van der Waals surface area contributed by atoms with Gasteiger partial charge in [-0.3, -0.25) is 9.80 Å². The first-order valence-corrected chi connectivity index (χ1v) is 10.2. The Kier molecular flexibility index (Phi) is 6.19. The monoisotopic (exact) mass is 369 g/mol. The number of aromatic nitrogens is 2. The summed E-state index contributed by atoms with van der Waals surface area (Å²) >= 11 is 0. The number of aliphatic hydroxyl groups excluding tert-OH is 1. The second-order valence-corrected chi connectivity index (χ2v) is 7.85. The normalized spacial score (nSPS) is 25.7. The van der Waals surface area contributed by atoms with Gasteiger partial charge in [0.2, 0.25) is 0 Å². The molecule has 2 atom stereocenters. The van der Waals surface area contributed by atoms with E-state index in [2.05, 4.69) is 55.0 Å². The Labute approximate surface area is 161 Å². The van der Waals surface area contributed by atoms with Crippen molar-refractivity contribution in [3.63, 3.8) is 0 Å². The van der Waals surface area contributed by atoms with E-state index in [1.807, 2.05) is 6.20 Å². The first kappa shape index (κ1) is 18.6. The molecule has 2 N–H and O–H groups in total. The van der Waals surface area contributed by atoms with E-state index in [4.69, 9.17) is 0 Å². The number of piperidine rings is 1. The number of nitrogens with zero attached hydrogens (tertiary/aromatic N) is 4. The van der Waals surface area contributed by atoms with Crippen LogP contribution in [0.2, 0.25) is 0 Å². The van der Waals surface area contributed by atoms with Crippen molar-refractivity contribution in [1.82, 2.24) is 24.7 Å². The van der Waals surface area contributed by atoms with Crippen LogP contribution < -0.4 is 0 Å². The topological polar surface area (TPSA) is 58.6 Å². The molecule has 2 aliphatic rings. The molecule has 2 aliphatic heterocycles. The number of aliphatic hydroxyl groups is 1. The van der Waals surface area contributed by atoms with E-state index < -0.39 is 0 Å². The molecule has 3 heterocycles. The molecule has 0 saturated carbocycles. The van der Waals surface area contributed by atoms with E-state index in [0.717, 1.165) is 70.9 Å². The lowest BCUT2D eigenvalue weighted by Gasteiger charge is -2.45. The lowest BCUT2D eigenvalue weighted by molar-refractivity contribution is -0.0310. The molecule has 6 heteroatoms. The molecule has 27 heavy (non-hydrogen) atoms. The SMILES string of the molecule is O[C@@H]1CN(Cc2cnc[nH]2)CC[C@H]1N1CCN(CCc2ccccc2)CC1. The molecule has 1 aromatic heterocycles. The summed E-state index contributed by atoms with van der Waals surface area (Å²) < 4.78 is 0. The van der Waals surface area contributed by atoms with E-state index >= 15 is 0 Å². The fraction of sp³-hybridized carbons (Fsp3) is 0.571. The van der Waals surface area contributed by atoms with Crippen molar-refractivity contribution >= 4 is 0 Å². The third-order valence-electron chi connectivity index (χ3n) is 6.01. The Morgan fingerprint density at radius 1 is 1.04 bits per heavy atom. The smallest absolute Gasteiger partial charge is 0.0922 e. The number of H-pyrrole nitrogens is 1. The second-order valence-electron chi connectivity index (χ2n) is 7.85. The van der Waals surface area contributed by atoms with Crippen LogP contribution in [-0.4, -0.2) is 87.7 Å². The van der Waals surface area contributed by atoms with Crippen molar-refractivity contribution in [2.45, 2.75) is 31.5 Å². The van der Waals surface area contributed by atoms with E-state index in [1.54, 1.807) is 6.33 Å². The molecule has 6 nitrogen and oxygen atoms in total. The molecule has 2 fully saturated rings. The molecule has 2 saturated heterocycles. The summed E-state index contributed by atoms with van der Waals surface area (Å²) in [4.78, 5) is 14.6. The van der Waals surface area contributed by atoms with Crippen molar-refractivity contribution in [1.29, 1.82) is 0 Å². The average molecular weight is 370 g/mol. The standard InChI is InChI=1S/C21H31N5O/c27-21-16-25(15-19-14-22-17-23-19)9-7-20(21)26-12-10-24(11-13-26)8-6-18-4-2-1-3-5-18/h1-5,14,17,20-21,27H,6-13,15-16H2,(H,22,23)/t20-,21-/m1/s1. The molecule has 146 valence electrons. The highest BCUT2D eigenvalue weighted by Gasteiger charge is 2.33. The van der Waals surface area contributed by atoms with Crippen LogP contribution >= 0.6 is 0 Å². The molecule has 0 bridgehead atoms. The molecule has 2 aromatic rings. The van der Waals surface area contributed by atoms with Crippen molar-refractivity contribution < 1.29 is 5.11 Å². The van der Waals surface area contributed by atoms with Gasteiger partial charge in [0.25, 0.3) is 0 Å². The second kappa shape index (κ2) is 8.97. The predicted octanol–water partition coefficient (Wildman–Crippen LogP) is 1.21. The van der Waals surface area contributed by atoms with Gasteiger partial charge in [0, 0.05) is 70.3 Å². The van der Waals surface area contributed by atoms with Crippen molar-refractivity contribution in [2.75, 3.05) is 45.8 Å². The van der Waals surface area contributed by atoms with Gasteiger partial charge in [0.15, 0.2) is 0 Å². The minimum atomic E-state index is -0.266. The van der Waals surface area contributed by atoms with Crippen LogP contribution in [0.15, 0.2) is 42.9 Å². The zero-order chi connectivity index (χ0) is 18.5. The number of benzene rings is 1. The number of imidazole rings is 1. The zero-order valence-electron chi connectivity index (χ0n) is 16.0. The molecule has 0 radical (unpaired) electrons. The predicted molar refractivity (Wildman–Crippen MR) is 106 cm³/mol. The quantitative estimate of drug-likeness (QED) is 0.802. The molecule has 0 aliphatic carbocycles. The van der Waals surface area contributed by atoms with Crippen molar-refractivity contribution in [3.05, 3.63) is 54.1 Å². The Hall–Kier alpha value is -1.73. The number of likely N-dealkylation sites (tertiary alicyclic amines) is 1. The molecule has 0 unspecified atom stereocenters. The minimum Gasteiger partial charge on any atom is -0.390 e. The Morgan fingerprint density at radius 3 is 2.56 bits per heavy atom. The summed E-state index contributed by atoms with van der Waals surface area (Å²) in [6, 6.07) is 11.0. The van der Waals surface area contributed by atoms with Crippen LogP contribution in [0.25, 0.3) is 0 Å². The number of piperazine rings is 1. The van der Waals surface area contributed by atoms with Crippen LogP contribution in [0.3, 0.4) is 0 Å². The molecule has 0 amide bonds. The number of hydrogen-bond donors (Lipinski definition) is 2. The Balaban J connectivity index is 1.20. The summed E-state index contributed by atoms with van der Waals surface area (Å²) in [7, 11) is 0. The zero-order valence-corrected chi connectivity index (χ0v) is 16.0. The summed E-state index contributed by atoms with van der Waals surface area (Å²) in [5.74, 6) is 0. The van der Waals surface area contributed by atoms with Crippen LogP contribution in [0.1, 0.15) is 17.7 Å². The van der Waals surface area contributed by atoms with Crippen LogP contribution in [0.4, 0.5) is 0 Å². The maximum absolute atomic E-state index is 10.7. The Morgan fingerprint density at radius 2 is 1.85 bits per heavy atom. The highest BCUT2D eigenvalue weighted by atomic mass is 16.3. The average Bonchev–Trinajstić information content (AvgIpc) is 3.21. The molecular weight excluding hydrogens is 338 g/mol. The van der Waals surface area contributed by atoms with Crippen LogP contribution in [0, 0.1) is 0 Å². The molecule has 0 spiro atoms. The van der Waals surface area contributed by atoms with Gasteiger partial charge in [-0.1, -0.05) is 30.3 Å². The van der Waals surface area contributed by atoms with Gasteiger partial charge in [-0.15, -0.1) is 0 Å². The van der Waals surface area contributed by atoms with Gasteiger partial charge in [0.1, 0.15) is 0 Å². The number of rotatable bonds is 6. The van der Waals surface area contributed by atoms with E-state index in [-0.39, 0.29) is 6.10 Å². The van der Waals surface area contributed by atoms with Crippen LogP contribution in [-0.2, 0) is 13.0 Å². The molecular formula is C21H31N5O. The van der Waals surface area contributed by atoms with Crippen molar-refractivity contribution in [2.24, 2.45) is 0 Å². The number of nitrogens with one attached hydrogen (secondary N) is 1. The summed E-state index contributed by atoms with van der Waals surface area (Å²) in [6.07, 6.45) is 5.48. The fourth-order valence-corrected chi connectivity index (χ4v) is 4.42. The van der Waals surface area contributed by atoms with E-state index in [9.17, 15) is 5.11 Å². The van der Waals surface area contributed by atoms with Crippen LogP contribution in [0.5, 0.6) is 0 Å². The molecule has 1 aromatic carbocycles. The minimum absolute atomic E-state index is 0.266. The van der Waals surface area contributed by atoms with E-state index in [0.29, 0.717) is 6.04 Å². The lowest BCUT2D eigenvalue weighted by Crippen LogP contribution is -2.58. The summed E-state index contributed by atoms with van der Waals surface area (Å²) in [5.41, 5.74) is 2.53. The third kappa shape index (κ3) is 4.96. The first-order valence-electron chi connectivity index (χ1n) is 10.2. The largest absolute Gasteiger partial charge is 0.390 e. The number of hydrogen-bond acceptors (Lipinski definition) is 5. The van der Waals surface area contributed by atoms with Gasteiger partial charge in [-0.05, 0) is 18.4 Å². The summed E-state index contributed by atoms with van der Waals surface area (Å²) in [5, 5.41) is 10.7. The maximum atomic E-state index is 10.7. The highest BCUT2D eigenvalue weighted by molar-refractivity contribution is 5.14. The number of aromatic amines is 1. The van der Waals surface area contributed by atoms with Gasteiger partial charge < -0.3 is 15.0 Å². The van der Waals surface area contributed by atoms with Gasteiger partial charge in [-0.2, -0.15) is 0 Å². The van der Waals surface area contributed by atoms with Crippen molar-refractivity contribution in [3.8, 4) is 0 Å². The lowest BCUT2D eigenvalue weighted by atomic mass is 9.99. The molecule has 4 rings (SSSR count). The third-order valence-corrected chi connectivity index (χ3v) is 6.01. The van der Waals surface area contributed by atoms with E-state index in [1.165, 1.54) is 5.56 Å². The van der Waals surface area contributed by atoms with Gasteiger partial charge in [-0.25, -0.2) is 4.98 Å². The van der Waals surface area contributed by atoms with Gasteiger partial charge in [0.05, 0.1) is 12.4 Å². The Bertz CT molecular complexity index is 669.